The number of carbonyl (C=O) groups excluding carboxylic acids is 2. The molecule has 0 amide bonds. The van der Waals surface area contributed by atoms with E-state index in [4.69, 9.17) is 19.8 Å². The van der Waals surface area contributed by atoms with E-state index in [1.807, 2.05) is 0 Å². The van der Waals surface area contributed by atoms with Gasteiger partial charge in [0.1, 0.15) is 0 Å². The average molecular weight is 894 g/mol. The van der Waals surface area contributed by atoms with Crippen LogP contribution in [0.2, 0.25) is 0 Å². The minimum Gasteiger partial charge on any atom is -0.550 e. The normalized spacial score (nSPS) is 10.8. The molecule has 0 atom stereocenters. The van der Waals surface area contributed by atoms with Crippen molar-refractivity contribution in [2.45, 2.75) is 253 Å². The summed E-state index contributed by atoms with van der Waals surface area (Å²) in [5.74, 6) is -2.17. The molecule has 0 N–H and O–H groups in total. The first-order valence-electron chi connectivity index (χ1n) is 23.5. The molecule has 0 radical (unpaired) electrons. The molecule has 0 aromatic carbocycles. The third-order valence-electron chi connectivity index (χ3n) is 10.3. The van der Waals surface area contributed by atoms with E-state index in [9.17, 15) is 0 Å². The summed E-state index contributed by atoms with van der Waals surface area (Å²) in [6.45, 7) is 11.3. The molecule has 0 rings (SSSR count). The van der Waals surface area contributed by atoms with Crippen molar-refractivity contribution in [1.82, 2.24) is 0 Å². The van der Waals surface area contributed by atoms with Gasteiger partial charge in [-0.1, -0.05) is 207 Å². The number of carboxylic acid groups (broad SMARTS) is 2. The van der Waals surface area contributed by atoms with Crippen LogP contribution in [0.3, 0.4) is 0 Å². The standard InChI is InChI=1S/C43H90P2.2C2H4O2.Pd/c1-5-9-13-17-21-25-29-33-38-44(39-34-30-26-22-18-14-10-6-2)42-37-43-45(40-35-31-27-23-19-15-11-7-3)41-36-32-28-24-20-16-12-8-4;2*1-2(3)4;/h5-43H2,1-4H3;2*1H3,(H,3,4);/q;;;+2/p-2. The fraction of sp³-hybridized carbons (Fsp3) is 0.957. The largest absolute Gasteiger partial charge is 2.00 e. The van der Waals surface area contributed by atoms with Crippen molar-refractivity contribution in [3.05, 3.63) is 0 Å². The summed E-state index contributed by atoms with van der Waals surface area (Å²) in [7, 11) is 0.612. The molecule has 0 aliphatic carbocycles. The summed E-state index contributed by atoms with van der Waals surface area (Å²) in [6.07, 6.45) is 58.7. The zero-order valence-electron chi connectivity index (χ0n) is 37.4. The SMILES string of the molecule is CC(=O)[O-].CC(=O)[O-].CCCCCCCCCCP(CCCCCCCCCC)CCCP(CCCCCCCCCC)CCCCCCCCCC.[Pd+2]. The summed E-state index contributed by atoms with van der Waals surface area (Å²) in [5, 5.41) is 17.8. The van der Waals surface area contributed by atoms with Gasteiger partial charge in [-0.15, -0.1) is 15.8 Å². The van der Waals surface area contributed by atoms with Gasteiger partial charge < -0.3 is 19.8 Å². The maximum Gasteiger partial charge on any atom is 2.00 e. The molecule has 0 aromatic heterocycles. The Balaban J connectivity index is -0.00000125. The molecule has 0 aromatic rings. The van der Waals surface area contributed by atoms with Crippen LogP contribution in [-0.4, -0.2) is 48.9 Å². The predicted molar refractivity (Wildman–Crippen MR) is 239 cm³/mol. The average Bonchev–Trinajstić information content (AvgIpc) is 3.11. The van der Waals surface area contributed by atoms with Gasteiger partial charge in [0, 0.05) is 11.9 Å². The predicted octanol–water partition coefficient (Wildman–Crippen LogP) is 14.4. The van der Waals surface area contributed by atoms with E-state index in [0.717, 1.165) is 13.8 Å². The Morgan fingerprint density at radius 3 is 0.593 bits per heavy atom. The topological polar surface area (TPSA) is 80.3 Å². The molecule has 328 valence electrons. The van der Waals surface area contributed by atoms with Crippen molar-refractivity contribution in [2.75, 3.05) is 37.0 Å². The number of carbonyl (C=O) groups is 2. The van der Waals surface area contributed by atoms with Crippen molar-refractivity contribution in [3.63, 3.8) is 0 Å². The Hall–Kier alpha value is 0.462. The van der Waals surface area contributed by atoms with E-state index in [-0.39, 0.29) is 20.4 Å². The van der Waals surface area contributed by atoms with E-state index < -0.39 is 11.9 Å². The van der Waals surface area contributed by atoms with Gasteiger partial charge in [-0.25, -0.2) is 0 Å². The van der Waals surface area contributed by atoms with E-state index >= 15 is 0 Å². The summed E-state index contributed by atoms with van der Waals surface area (Å²) < 4.78 is 0. The molecule has 7 heteroatoms. The Morgan fingerprint density at radius 2 is 0.426 bits per heavy atom. The number of hydrogen-bond acceptors (Lipinski definition) is 4. The second-order valence-electron chi connectivity index (χ2n) is 15.9. The van der Waals surface area contributed by atoms with Gasteiger partial charge in [-0.05, 0) is 82.9 Å². The van der Waals surface area contributed by atoms with Crippen LogP contribution in [0.4, 0.5) is 0 Å². The van der Waals surface area contributed by atoms with E-state index in [2.05, 4.69) is 27.7 Å². The van der Waals surface area contributed by atoms with Crippen LogP contribution in [0.1, 0.15) is 253 Å². The van der Waals surface area contributed by atoms with Crippen molar-refractivity contribution < 1.29 is 40.2 Å². The summed E-state index contributed by atoms with van der Waals surface area (Å²) in [6, 6.07) is 0. The first-order chi connectivity index (χ1) is 25.7. The van der Waals surface area contributed by atoms with Gasteiger partial charge in [0.15, 0.2) is 0 Å². The number of aliphatic carboxylic acids is 2. The summed E-state index contributed by atoms with van der Waals surface area (Å²) >= 11 is 0. The third kappa shape index (κ3) is 64.4. The number of rotatable bonds is 40. The fourth-order valence-electron chi connectivity index (χ4n) is 7.07. The van der Waals surface area contributed by atoms with Crippen LogP contribution in [0, 0.1) is 0 Å². The molecule has 0 aliphatic heterocycles. The molecule has 0 saturated carbocycles. The summed E-state index contributed by atoms with van der Waals surface area (Å²) in [5.41, 5.74) is 0. The molecule has 0 fully saturated rings. The fourth-order valence-corrected chi connectivity index (χ4v) is 12.6. The van der Waals surface area contributed by atoms with Crippen molar-refractivity contribution in [1.29, 1.82) is 0 Å². The Bertz CT molecular complexity index is 593. The maximum absolute atomic E-state index is 8.89. The molecule has 0 unspecified atom stereocenters. The molecule has 54 heavy (non-hydrogen) atoms. The van der Waals surface area contributed by atoms with Crippen molar-refractivity contribution in [2.24, 2.45) is 0 Å². The third-order valence-corrected chi connectivity index (χ3v) is 16.0. The van der Waals surface area contributed by atoms with E-state index in [1.165, 1.54) is 180 Å². The van der Waals surface area contributed by atoms with Gasteiger partial charge in [0.05, 0.1) is 0 Å². The van der Waals surface area contributed by atoms with Crippen LogP contribution in [-0.2, 0) is 30.0 Å². The van der Waals surface area contributed by atoms with Gasteiger partial charge in [-0.3, -0.25) is 0 Å². The first kappa shape index (κ1) is 61.1. The molecule has 0 bridgehead atoms. The monoisotopic (exact) mass is 893 g/mol. The van der Waals surface area contributed by atoms with Crippen LogP contribution >= 0.6 is 15.8 Å². The molecular weight excluding hydrogens is 797 g/mol. The first-order valence-corrected chi connectivity index (χ1v) is 27.3. The second-order valence-corrected chi connectivity index (χ2v) is 21.3. The second kappa shape index (κ2) is 55.6. The molecule has 0 spiro atoms. The van der Waals surface area contributed by atoms with Crippen LogP contribution < -0.4 is 10.2 Å². The van der Waals surface area contributed by atoms with Gasteiger partial charge in [-0.2, -0.15) is 0 Å². The van der Waals surface area contributed by atoms with Crippen LogP contribution in [0.25, 0.3) is 0 Å². The maximum atomic E-state index is 8.89. The van der Waals surface area contributed by atoms with Crippen LogP contribution in [0.15, 0.2) is 0 Å². The number of hydrogen-bond donors (Lipinski definition) is 0. The quantitative estimate of drug-likeness (QED) is 0.0349. The Labute approximate surface area is 356 Å². The molecule has 0 heterocycles. The van der Waals surface area contributed by atoms with Crippen molar-refractivity contribution in [3.8, 4) is 0 Å². The Kier molecular flexibility index (Phi) is 62.9. The zero-order chi connectivity index (χ0) is 39.9. The van der Waals surface area contributed by atoms with E-state index in [0.29, 0.717) is 15.8 Å². The molecular formula is C47H96O4P2Pd. The number of carboxylic acids is 2. The minimum absolute atomic E-state index is 0. The molecule has 0 aliphatic rings. The minimum atomic E-state index is -1.08. The van der Waals surface area contributed by atoms with Gasteiger partial charge in [0.2, 0.25) is 0 Å². The zero-order valence-corrected chi connectivity index (χ0v) is 40.8. The summed E-state index contributed by atoms with van der Waals surface area (Å²) in [4.78, 5) is 17.8. The molecule has 0 saturated heterocycles. The van der Waals surface area contributed by atoms with Gasteiger partial charge in [0.25, 0.3) is 0 Å². The molecule has 4 nitrogen and oxygen atoms in total. The van der Waals surface area contributed by atoms with Crippen LogP contribution in [0.5, 0.6) is 0 Å². The van der Waals surface area contributed by atoms with Gasteiger partial charge >= 0.3 is 20.4 Å². The number of unbranched alkanes of at least 4 members (excludes halogenated alkanes) is 28. The smallest absolute Gasteiger partial charge is 0.550 e. The Morgan fingerprint density at radius 1 is 0.296 bits per heavy atom. The van der Waals surface area contributed by atoms with E-state index in [1.54, 1.807) is 69.1 Å². The van der Waals surface area contributed by atoms with Crippen molar-refractivity contribution >= 4 is 27.8 Å².